The minimum absolute atomic E-state index is 0.904. The van der Waals surface area contributed by atoms with Gasteiger partial charge in [-0.15, -0.1) is 0 Å². The molecule has 1 heterocycles. The van der Waals surface area contributed by atoms with E-state index >= 15 is 0 Å². The first kappa shape index (κ1) is 22.7. The van der Waals surface area contributed by atoms with Crippen molar-refractivity contribution in [3.63, 3.8) is 0 Å². The van der Waals surface area contributed by atoms with Gasteiger partial charge in [-0.2, -0.15) is 5.06 Å². The summed E-state index contributed by atoms with van der Waals surface area (Å²) in [6, 6.07) is 0. The molecule has 0 aromatic heterocycles. The van der Waals surface area contributed by atoms with Crippen molar-refractivity contribution in [1.82, 2.24) is 10.4 Å². The SMILES string of the molecule is CCCCCCCC/C=C\CCCCCCCCON1CCNCC1. The average Bonchev–Trinajstić information content (AvgIpc) is 2.65. The maximum atomic E-state index is 5.79. The first-order chi connectivity index (χ1) is 12.4. The van der Waals surface area contributed by atoms with Gasteiger partial charge in [-0.1, -0.05) is 76.9 Å². The summed E-state index contributed by atoms with van der Waals surface area (Å²) in [6.07, 6.45) is 23.9. The molecular weight excluding hydrogens is 308 g/mol. The summed E-state index contributed by atoms with van der Waals surface area (Å²) in [4.78, 5) is 5.79. The molecule has 1 aliphatic heterocycles. The Morgan fingerprint density at radius 1 is 0.720 bits per heavy atom. The highest BCUT2D eigenvalue weighted by atomic mass is 16.7. The Morgan fingerprint density at radius 3 is 1.84 bits per heavy atom. The fourth-order valence-electron chi connectivity index (χ4n) is 3.32. The molecule has 148 valence electrons. The fourth-order valence-corrected chi connectivity index (χ4v) is 3.32. The van der Waals surface area contributed by atoms with Crippen LogP contribution in [-0.4, -0.2) is 37.8 Å². The minimum atomic E-state index is 0.904. The van der Waals surface area contributed by atoms with Crippen molar-refractivity contribution < 1.29 is 4.84 Å². The van der Waals surface area contributed by atoms with Gasteiger partial charge in [0.25, 0.3) is 0 Å². The molecule has 0 saturated carbocycles. The molecule has 0 atom stereocenters. The molecule has 0 amide bonds. The number of hydroxylamine groups is 2. The van der Waals surface area contributed by atoms with E-state index < -0.39 is 0 Å². The third kappa shape index (κ3) is 15.6. The van der Waals surface area contributed by atoms with Crippen LogP contribution in [0.1, 0.15) is 96.8 Å². The van der Waals surface area contributed by atoms with Crippen molar-refractivity contribution in [2.24, 2.45) is 0 Å². The summed E-state index contributed by atoms with van der Waals surface area (Å²) in [5.74, 6) is 0. The van der Waals surface area contributed by atoms with E-state index in [0.717, 1.165) is 32.8 Å². The zero-order valence-electron chi connectivity index (χ0n) is 16.9. The summed E-state index contributed by atoms with van der Waals surface area (Å²) in [6.45, 7) is 7.38. The molecule has 1 saturated heterocycles. The van der Waals surface area contributed by atoms with Crippen molar-refractivity contribution in [3.05, 3.63) is 12.2 Å². The van der Waals surface area contributed by atoms with Gasteiger partial charge in [0, 0.05) is 26.2 Å². The lowest BCUT2D eigenvalue weighted by Gasteiger charge is -2.26. The monoisotopic (exact) mass is 352 g/mol. The van der Waals surface area contributed by atoms with E-state index in [2.05, 4.69) is 29.5 Å². The molecule has 0 aromatic rings. The van der Waals surface area contributed by atoms with Gasteiger partial charge in [0.15, 0.2) is 0 Å². The Hall–Kier alpha value is -0.380. The average molecular weight is 353 g/mol. The minimum Gasteiger partial charge on any atom is -0.314 e. The highest BCUT2D eigenvalue weighted by Gasteiger charge is 2.08. The number of hydrogen-bond donors (Lipinski definition) is 1. The Balaban J connectivity index is 1.70. The lowest BCUT2D eigenvalue weighted by molar-refractivity contribution is -0.165. The standard InChI is InChI=1S/C22H44N2O/c1-2-3-4-5-6-7-8-9-10-11-12-13-14-15-16-17-22-25-24-20-18-23-19-21-24/h9-10,23H,2-8,11-22H2,1H3/b10-9-. The third-order valence-electron chi connectivity index (χ3n) is 5.01. The Labute approximate surface area is 157 Å². The van der Waals surface area contributed by atoms with E-state index in [1.54, 1.807) is 0 Å². The van der Waals surface area contributed by atoms with Crippen LogP contribution in [0.4, 0.5) is 0 Å². The largest absolute Gasteiger partial charge is 0.314 e. The van der Waals surface area contributed by atoms with Crippen LogP contribution in [0.3, 0.4) is 0 Å². The van der Waals surface area contributed by atoms with Crippen LogP contribution >= 0.6 is 0 Å². The fraction of sp³-hybridized carbons (Fsp3) is 0.909. The summed E-state index contributed by atoms with van der Waals surface area (Å²) < 4.78 is 0. The van der Waals surface area contributed by atoms with Gasteiger partial charge >= 0.3 is 0 Å². The third-order valence-corrected chi connectivity index (χ3v) is 5.01. The van der Waals surface area contributed by atoms with Crippen LogP contribution in [0.25, 0.3) is 0 Å². The molecule has 25 heavy (non-hydrogen) atoms. The quantitative estimate of drug-likeness (QED) is 0.262. The maximum absolute atomic E-state index is 5.79. The number of hydrogen-bond acceptors (Lipinski definition) is 3. The molecular formula is C22H44N2O. The molecule has 1 aliphatic rings. The van der Waals surface area contributed by atoms with Gasteiger partial charge in [0.05, 0.1) is 6.61 Å². The van der Waals surface area contributed by atoms with E-state index in [1.165, 1.54) is 89.9 Å². The summed E-state index contributed by atoms with van der Waals surface area (Å²) >= 11 is 0. The number of rotatable bonds is 17. The van der Waals surface area contributed by atoms with Crippen molar-refractivity contribution in [3.8, 4) is 0 Å². The Kier molecular flexibility index (Phi) is 16.7. The molecule has 3 nitrogen and oxygen atoms in total. The zero-order valence-corrected chi connectivity index (χ0v) is 16.9. The molecule has 0 radical (unpaired) electrons. The van der Waals surface area contributed by atoms with Crippen LogP contribution in [0, 0.1) is 0 Å². The lowest BCUT2D eigenvalue weighted by Crippen LogP contribution is -2.43. The van der Waals surface area contributed by atoms with Crippen molar-refractivity contribution >= 4 is 0 Å². The number of allylic oxidation sites excluding steroid dienone is 2. The number of piperazine rings is 1. The molecule has 1 fully saturated rings. The van der Waals surface area contributed by atoms with E-state index in [0.29, 0.717) is 0 Å². The highest BCUT2D eigenvalue weighted by molar-refractivity contribution is 4.81. The maximum Gasteiger partial charge on any atom is 0.0685 e. The molecule has 0 bridgehead atoms. The van der Waals surface area contributed by atoms with Crippen molar-refractivity contribution in [2.75, 3.05) is 32.8 Å². The van der Waals surface area contributed by atoms with Crippen LogP contribution in [0.5, 0.6) is 0 Å². The molecule has 1 rings (SSSR count). The van der Waals surface area contributed by atoms with Crippen molar-refractivity contribution in [1.29, 1.82) is 0 Å². The molecule has 3 heteroatoms. The predicted molar refractivity (Wildman–Crippen MR) is 110 cm³/mol. The second-order valence-corrected chi connectivity index (χ2v) is 7.45. The first-order valence-corrected chi connectivity index (χ1v) is 11.2. The van der Waals surface area contributed by atoms with E-state index in [1.807, 2.05) is 0 Å². The van der Waals surface area contributed by atoms with Gasteiger partial charge in [0.2, 0.25) is 0 Å². The van der Waals surface area contributed by atoms with E-state index in [4.69, 9.17) is 4.84 Å². The van der Waals surface area contributed by atoms with Crippen molar-refractivity contribution in [2.45, 2.75) is 96.8 Å². The highest BCUT2D eigenvalue weighted by Crippen LogP contribution is 2.10. The van der Waals surface area contributed by atoms with Crippen LogP contribution in [0.2, 0.25) is 0 Å². The van der Waals surface area contributed by atoms with E-state index in [-0.39, 0.29) is 0 Å². The molecule has 0 unspecified atom stereocenters. The molecule has 0 spiro atoms. The second-order valence-electron chi connectivity index (χ2n) is 7.45. The summed E-state index contributed by atoms with van der Waals surface area (Å²) in [5, 5.41) is 5.47. The van der Waals surface area contributed by atoms with Crippen LogP contribution < -0.4 is 5.32 Å². The van der Waals surface area contributed by atoms with Gasteiger partial charge in [-0.05, 0) is 32.1 Å². The zero-order chi connectivity index (χ0) is 17.8. The normalized spacial score (nSPS) is 16.0. The number of nitrogens with zero attached hydrogens (tertiary/aromatic N) is 1. The molecule has 0 aliphatic carbocycles. The first-order valence-electron chi connectivity index (χ1n) is 11.2. The van der Waals surface area contributed by atoms with E-state index in [9.17, 15) is 0 Å². The van der Waals surface area contributed by atoms with Gasteiger partial charge in [0.1, 0.15) is 0 Å². The predicted octanol–water partition coefficient (Wildman–Crippen LogP) is 5.86. The summed E-state index contributed by atoms with van der Waals surface area (Å²) in [5.41, 5.74) is 0. The van der Waals surface area contributed by atoms with Gasteiger partial charge < -0.3 is 5.32 Å². The topological polar surface area (TPSA) is 24.5 Å². The number of unbranched alkanes of at least 4 members (excludes halogenated alkanes) is 12. The molecule has 1 N–H and O–H groups in total. The summed E-state index contributed by atoms with van der Waals surface area (Å²) in [7, 11) is 0. The van der Waals surface area contributed by atoms with Crippen LogP contribution in [-0.2, 0) is 4.84 Å². The lowest BCUT2D eigenvalue weighted by atomic mass is 10.1. The van der Waals surface area contributed by atoms with Gasteiger partial charge in [-0.3, -0.25) is 4.84 Å². The van der Waals surface area contributed by atoms with Crippen LogP contribution in [0.15, 0.2) is 12.2 Å². The molecule has 0 aromatic carbocycles. The second kappa shape index (κ2) is 18.4. The Bertz CT molecular complexity index is 288. The number of nitrogens with one attached hydrogen (secondary N) is 1. The smallest absolute Gasteiger partial charge is 0.0685 e. The Morgan fingerprint density at radius 2 is 1.24 bits per heavy atom. The van der Waals surface area contributed by atoms with Gasteiger partial charge in [-0.25, -0.2) is 0 Å².